The van der Waals surface area contributed by atoms with Crippen molar-refractivity contribution in [2.75, 3.05) is 6.61 Å². The van der Waals surface area contributed by atoms with Gasteiger partial charge in [-0.05, 0) is 13.3 Å². The van der Waals surface area contributed by atoms with E-state index in [1.165, 1.54) is 18.1 Å². The number of aromatic amines is 1. The zero-order valence-electron chi connectivity index (χ0n) is 8.20. The van der Waals surface area contributed by atoms with E-state index in [1.54, 1.807) is 0 Å². The maximum Gasteiger partial charge on any atom is 0.270 e. The maximum absolute atomic E-state index is 11.2. The lowest BCUT2D eigenvalue weighted by Crippen LogP contribution is -2.15. The van der Waals surface area contributed by atoms with Gasteiger partial charge in [0.2, 0.25) is 0 Å². The second-order valence-electron chi connectivity index (χ2n) is 3.37. The Morgan fingerprint density at radius 2 is 2.53 bits per heavy atom. The standard InChI is InChI=1S/C9H11ClN2O2S/c1-5-6(2-3-14-5)15-9-7(10)8(13)11-4-12-9/h4-6H,2-3H2,1H3,(H,11,12,13). The Hall–Kier alpha value is -0.520. The first-order valence-electron chi connectivity index (χ1n) is 4.70. The molecule has 0 radical (unpaired) electrons. The molecule has 1 aliphatic heterocycles. The van der Waals surface area contributed by atoms with Gasteiger partial charge in [0.05, 0.1) is 12.4 Å². The largest absolute Gasteiger partial charge is 0.377 e. The fourth-order valence-corrected chi connectivity index (χ4v) is 2.78. The van der Waals surface area contributed by atoms with Crippen molar-refractivity contribution in [1.82, 2.24) is 9.97 Å². The van der Waals surface area contributed by atoms with E-state index < -0.39 is 0 Å². The highest BCUT2D eigenvalue weighted by Gasteiger charge is 2.26. The molecular formula is C9H11ClN2O2S. The van der Waals surface area contributed by atoms with Gasteiger partial charge >= 0.3 is 0 Å². The summed E-state index contributed by atoms with van der Waals surface area (Å²) in [7, 11) is 0. The van der Waals surface area contributed by atoms with E-state index in [4.69, 9.17) is 16.3 Å². The van der Waals surface area contributed by atoms with Crippen molar-refractivity contribution in [3.63, 3.8) is 0 Å². The van der Waals surface area contributed by atoms with Gasteiger partial charge in [-0.1, -0.05) is 23.4 Å². The minimum absolute atomic E-state index is 0.168. The van der Waals surface area contributed by atoms with E-state index in [-0.39, 0.29) is 16.7 Å². The molecule has 1 fully saturated rings. The van der Waals surface area contributed by atoms with Gasteiger partial charge in [0.25, 0.3) is 5.56 Å². The molecule has 2 heterocycles. The van der Waals surface area contributed by atoms with Crippen molar-refractivity contribution in [1.29, 1.82) is 0 Å². The van der Waals surface area contributed by atoms with Crippen LogP contribution < -0.4 is 5.56 Å². The first kappa shape index (κ1) is 11.0. The lowest BCUT2D eigenvalue weighted by atomic mass is 10.3. The monoisotopic (exact) mass is 246 g/mol. The summed E-state index contributed by atoms with van der Waals surface area (Å²) in [5, 5.41) is 1.08. The van der Waals surface area contributed by atoms with Crippen LogP contribution in [0, 0.1) is 0 Å². The molecule has 15 heavy (non-hydrogen) atoms. The van der Waals surface area contributed by atoms with Crippen LogP contribution >= 0.6 is 23.4 Å². The Kier molecular flexibility index (Phi) is 3.33. The zero-order chi connectivity index (χ0) is 10.8. The first-order chi connectivity index (χ1) is 7.18. The van der Waals surface area contributed by atoms with Crippen molar-refractivity contribution in [3.8, 4) is 0 Å². The van der Waals surface area contributed by atoms with E-state index in [0.29, 0.717) is 10.3 Å². The van der Waals surface area contributed by atoms with Gasteiger partial charge in [0, 0.05) is 11.9 Å². The van der Waals surface area contributed by atoms with Crippen molar-refractivity contribution < 1.29 is 4.74 Å². The van der Waals surface area contributed by atoms with Gasteiger partial charge in [-0.2, -0.15) is 0 Å². The molecule has 6 heteroatoms. The number of H-pyrrole nitrogens is 1. The van der Waals surface area contributed by atoms with Crippen LogP contribution in [-0.4, -0.2) is 27.9 Å². The quantitative estimate of drug-likeness (QED) is 0.807. The third kappa shape index (κ3) is 2.35. The summed E-state index contributed by atoms with van der Waals surface area (Å²) in [4.78, 5) is 17.7. The average Bonchev–Trinajstić information content (AvgIpc) is 2.60. The number of thioether (sulfide) groups is 1. The van der Waals surface area contributed by atoms with Crippen LogP contribution in [0.2, 0.25) is 5.02 Å². The maximum atomic E-state index is 11.2. The lowest BCUT2D eigenvalue weighted by Gasteiger charge is -2.12. The van der Waals surface area contributed by atoms with Gasteiger partial charge < -0.3 is 9.72 Å². The molecule has 1 aromatic rings. The van der Waals surface area contributed by atoms with Crippen molar-refractivity contribution >= 4 is 23.4 Å². The summed E-state index contributed by atoms with van der Waals surface area (Å²) in [6.07, 6.45) is 2.53. The molecule has 0 bridgehead atoms. The van der Waals surface area contributed by atoms with Crippen LogP contribution in [0.15, 0.2) is 16.1 Å². The smallest absolute Gasteiger partial charge is 0.270 e. The average molecular weight is 247 g/mol. The van der Waals surface area contributed by atoms with Crippen LogP contribution in [0.25, 0.3) is 0 Å². The van der Waals surface area contributed by atoms with Crippen molar-refractivity contribution in [2.24, 2.45) is 0 Å². The summed E-state index contributed by atoms with van der Waals surface area (Å²) < 4.78 is 5.43. The Morgan fingerprint density at radius 1 is 1.73 bits per heavy atom. The summed E-state index contributed by atoms with van der Waals surface area (Å²) in [6, 6.07) is 0. The number of ether oxygens (including phenoxy) is 1. The Morgan fingerprint density at radius 3 is 3.20 bits per heavy atom. The molecule has 2 atom stereocenters. The Labute approximate surface area is 96.4 Å². The van der Waals surface area contributed by atoms with E-state index in [2.05, 4.69) is 9.97 Å². The first-order valence-corrected chi connectivity index (χ1v) is 5.95. The highest BCUT2D eigenvalue weighted by Crippen LogP contribution is 2.33. The molecule has 0 spiro atoms. The second-order valence-corrected chi connectivity index (χ2v) is 4.98. The van der Waals surface area contributed by atoms with Gasteiger partial charge in [0.1, 0.15) is 10.0 Å². The summed E-state index contributed by atoms with van der Waals surface area (Å²) >= 11 is 7.36. The lowest BCUT2D eigenvalue weighted by molar-refractivity contribution is 0.127. The van der Waals surface area contributed by atoms with Crippen LogP contribution in [0.5, 0.6) is 0 Å². The highest BCUT2D eigenvalue weighted by molar-refractivity contribution is 8.00. The van der Waals surface area contributed by atoms with E-state index in [0.717, 1.165) is 13.0 Å². The molecule has 0 aromatic carbocycles. The Bertz CT molecular complexity index is 409. The number of hydrogen-bond acceptors (Lipinski definition) is 4. The molecule has 2 rings (SSSR count). The van der Waals surface area contributed by atoms with Gasteiger partial charge in [-0.3, -0.25) is 4.79 Å². The molecule has 1 aromatic heterocycles. The number of hydrogen-bond donors (Lipinski definition) is 1. The summed E-state index contributed by atoms with van der Waals surface area (Å²) in [5.41, 5.74) is -0.291. The second kappa shape index (κ2) is 4.55. The summed E-state index contributed by atoms with van der Waals surface area (Å²) in [6.45, 7) is 2.78. The van der Waals surface area contributed by atoms with Gasteiger partial charge in [0.15, 0.2) is 0 Å². The van der Waals surface area contributed by atoms with Crippen LogP contribution in [-0.2, 0) is 4.74 Å². The molecule has 82 valence electrons. The minimum Gasteiger partial charge on any atom is -0.377 e. The van der Waals surface area contributed by atoms with E-state index in [9.17, 15) is 4.79 Å². The third-order valence-corrected chi connectivity index (χ3v) is 4.25. The van der Waals surface area contributed by atoms with E-state index >= 15 is 0 Å². The normalized spacial score (nSPS) is 25.7. The van der Waals surface area contributed by atoms with Crippen LogP contribution in [0.3, 0.4) is 0 Å². The van der Waals surface area contributed by atoms with Gasteiger partial charge in [-0.15, -0.1) is 0 Å². The summed E-state index contributed by atoms with van der Waals surface area (Å²) in [5.74, 6) is 0. The molecular weight excluding hydrogens is 236 g/mol. The molecule has 0 aliphatic carbocycles. The minimum atomic E-state index is -0.291. The molecule has 1 saturated heterocycles. The number of aromatic nitrogens is 2. The highest BCUT2D eigenvalue weighted by atomic mass is 35.5. The molecule has 1 N–H and O–H groups in total. The molecule has 0 saturated carbocycles. The molecule has 1 aliphatic rings. The number of nitrogens with one attached hydrogen (secondary N) is 1. The number of rotatable bonds is 2. The fourth-order valence-electron chi connectivity index (χ4n) is 1.46. The van der Waals surface area contributed by atoms with Crippen LogP contribution in [0.1, 0.15) is 13.3 Å². The van der Waals surface area contributed by atoms with E-state index in [1.807, 2.05) is 6.92 Å². The Balaban J connectivity index is 2.17. The third-order valence-electron chi connectivity index (χ3n) is 2.33. The topological polar surface area (TPSA) is 55.0 Å². The SMILES string of the molecule is CC1OCCC1Sc1nc[nH]c(=O)c1Cl. The number of halogens is 1. The predicted octanol–water partition coefficient (Wildman–Crippen LogP) is 1.69. The van der Waals surface area contributed by atoms with Crippen LogP contribution in [0.4, 0.5) is 0 Å². The predicted molar refractivity (Wildman–Crippen MR) is 59.5 cm³/mol. The fraction of sp³-hybridized carbons (Fsp3) is 0.556. The molecule has 0 amide bonds. The van der Waals surface area contributed by atoms with Crippen molar-refractivity contribution in [3.05, 3.63) is 21.7 Å². The molecule has 2 unspecified atom stereocenters. The van der Waals surface area contributed by atoms with Crippen molar-refractivity contribution in [2.45, 2.75) is 29.7 Å². The zero-order valence-corrected chi connectivity index (χ0v) is 9.77. The molecule has 4 nitrogen and oxygen atoms in total. The number of nitrogens with zero attached hydrogens (tertiary/aromatic N) is 1. The van der Waals surface area contributed by atoms with Gasteiger partial charge in [-0.25, -0.2) is 4.98 Å².